The first-order valence-corrected chi connectivity index (χ1v) is 8.86. The van der Waals surface area contributed by atoms with Gasteiger partial charge in [-0.05, 0) is 38.2 Å². The third kappa shape index (κ3) is 3.72. The summed E-state index contributed by atoms with van der Waals surface area (Å²) in [5, 5.41) is 7.41. The summed E-state index contributed by atoms with van der Waals surface area (Å²) in [6.07, 6.45) is 7.00. The number of aromatic nitrogens is 2. The van der Waals surface area contributed by atoms with E-state index in [1.807, 2.05) is 22.7 Å². The standard InChI is InChI=1S/C17H28N4O3/c1-20-14(8-9-18-20)15-6-3-4-10-21(15)17(22)19-13(12-23-2)16-7-5-11-24-16/h8-9,13,15-16H,3-7,10-12H2,1-2H3,(H,19,22)/t13-,15+,16+/m0/s1. The van der Waals surface area contributed by atoms with Gasteiger partial charge in [0.25, 0.3) is 0 Å². The second kappa shape index (κ2) is 7.98. The topological polar surface area (TPSA) is 68.6 Å². The van der Waals surface area contributed by atoms with E-state index in [0.29, 0.717) is 6.61 Å². The molecule has 3 rings (SSSR count). The average molecular weight is 336 g/mol. The van der Waals surface area contributed by atoms with Crippen molar-refractivity contribution in [2.75, 3.05) is 26.9 Å². The highest BCUT2D eigenvalue weighted by Gasteiger charge is 2.33. The number of amides is 2. The van der Waals surface area contributed by atoms with Crippen LogP contribution >= 0.6 is 0 Å². The number of methoxy groups -OCH3 is 1. The number of carbonyl (C=O) groups is 1. The van der Waals surface area contributed by atoms with Crippen LogP contribution in [-0.2, 0) is 16.5 Å². The van der Waals surface area contributed by atoms with Crippen LogP contribution in [0.5, 0.6) is 0 Å². The fourth-order valence-corrected chi connectivity index (χ4v) is 3.78. The minimum Gasteiger partial charge on any atom is -0.382 e. The maximum Gasteiger partial charge on any atom is 0.318 e. The predicted octanol–water partition coefficient (Wildman–Crippen LogP) is 1.85. The number of likely N-dealkylation sites (tertiary alicyclic amines) is 1. The Morgan fingerprint density at radius 3 is 3.00 bits per heavy atom. The highest BCUT2D eigenvalue weighted by atomic mass is 16.5. The number of hydrogen-bond donors (Lipinski definition) is 1. The Morgan fingerprint density at radius 2 is 2.33 bits per heavy atom. The Bertz CT molecular complexity index is 542. The van der Waals surface area contributed by atoms with Crippen molar-refractivity contribution in [3.63, 3.8) is 0 Å². The predicted molar refractivity (Wildman–Crippen MR) is 89.7 cm³/mol. The molecule has 134 valence electrons. The molecule has 7 nitrogen and oxygen atoms in total. The van der Waals surface area contributed by atoms with Crippen molar-refractivity contribution < 1.29 is 14.3 Å². The number of rotatable bonds is 5. The van der Waals surface area contributed by atoms with Crippen LogP contribution in [0.15, 0.2) is 12.3 Å². The van der Waals surface area contributed by atoms with Gasteiger partial charge in [-0.1, -0.05) is 0 Å². The first kappa shape index (κ1) is 17.2. The van der Waals surface area contributed by atoms with Crippen LogP contribution < -0.4 is 5.32 Å². The Balaban J connectivity index is 1.70. The molecule has 0 radical (unpaired) electrons. The molecule has 1 aromatic heterocycles. The van der Waals surface area contributed by atoms with Gasteiger partial charge in [-0.15, -0.1) is 0 Å². The molecule has 24 heavy (non-hydrogen) atoms. The van der Waals surface area contributed by atoms with E-state index in [4.69, 9.17) is 9.47 Å². The van der Waals surface area contributed by atoms with Gasteiger partial charge in [0.05, 0.1) is 30.5 Å². The van der Waals surface area contributed by atoms with Gasteiger partial charge in [0, 0.05) is 33.5 Å². The SMILES string of the molecule is COC[C@H](NC(=O)N1CCCC[C@@H]1c1ccnn1C)[C@H]1CCCO1. The Hall–Kier alpha value is -1.60. The van der Waals surface area contributed by atoms with Crippen LogP contribution in [0.25, 0.3) is 0 Å². The quantitative estimate of drug-likeness (QED) is 0.891. The average Bonchev–Trinajstić information content (AvgIpc) is 3.26. The van der Waals surface area contributed by atoms with Gasteiger partial charge in [-0.25, -0.2) is 4.79 Å². The molecule has 2 amide bonds. The summed E-state index contributed by atoms with van der Waals surface area (Å²) in [5.74, 6) is 0. The Kier molecular flexibility index (Phi) is 5.73. The van der Waals surface area contributed by atoms with Gasteiger partial charge in [0.2, 0.25) is 0 Å². The van der Waals surface area contributed by atoms with Crippen molar-refractivity contribution in [1.29, 1.82) is 0 Å². The molecule has 2 fully saturated rings. The van der Waals surface area contributed by atoms with Crippen molar-refractivity contribution in [2.24, 2.45) is 7.05 Å². The van der Waals surface area contributed by atoms with E-state index in [1.165, 1.54) is 0 Å². The van der Waals surface area contributed by atoms with E-state index in [9.17, 15) is 4.79 Å². The van der Waals surface area contributed by atoms with E-state index >= 15 is 0 Å². The molecule has 0 saturated carbocycles. The summed E-state index contributed by atoms with van der Waals surface area (Å²) in [5.41, 5.74) is 1.09. The zero-order valence-corrected chi connectivity index (χ0v) is 14.6. The van der Waals surface area contributed by atoms with Gasteiger partial charge in [-0.2, -0.15) is 5.10 Å². The Morgan fingerprint density at radius 1 is 1.46 bits per heavy atom. The number of nitrogens with zero attached hydrogens (tertiary/aromatic N) is 3. The maximum atomic E-state index is 12.9. The molecule has 2 saturated heterocycles. The van der Waals surface area contributed by atoms with E-state index < -0.39 is 0 Å². The van der Waals surface area contributed by atoms with Crippen LogP contribution in [-0.4, -0.2) is 59.7 Å². The minimum absolute atomic E-state index is 0.0292. The summed E-state index contributed by atoms with van der Waals surface area (Å²) in [6.45, 7) is 2.01. The molecule has 3 heterocycles. The van der Waals surface area contributed by atoms with Crippen molar-refractivity contribution in [3.8, 4) is 0 Å². The number of hydrogen-bond acceptors (Lipinski definition) is 4. The fraction of sp³-hybridized carbons (Fsp3) is 0.765. The van der Waals surface area contributed by atoms with Crippen molar-refractivity contribution >= 4 is 6.03 Å². The lowest BCUT2D eigenvalue weighted by Crippen LogP contribution is -2.53. The van der Waals surface area contributed by atoms with Crippen molar-refractivity contribution in [2.45, 2.75) is 50.3 Å². The number of nitrogens with one attached hydrogen (secondary N) is 1. The normalized spacial score (nSPS) is 25.7. The molecular formula is C17H28N4O3. The van der Waals surface area contributed by atoms with Crippen LogP contribution in [0.1, 0.15) is 43.8 Å². The summed E-state index contributed by atoms with van der Waals surface area (Å²) in [7, 11) is 3.59. The van der Waals surface area contributed by atoms with Crippen molar-refractivity contribution in [3.05, 3.63) is 18.0 Å². The fourth-order valence-electron chi connectivity index (χ4n) is 3.78. The molecular weight excluding hydrogens is 308 g/mol. The molecule has 7 heteroatoms. The lowest BCUT2D eigenvalue weighted by Gasteiger charge is -2.37. The van der Waals surface area contributed by atoms with E-state index in [-0.39, 0.29) is 24.2 Å². The smallest absolute Gasteiger partial charge is 0.318 e. The van der Waals surface area contributed by atoms with Gasteiger partial charge in [-0.3, -0.25) is 4.68 Å². The lowest BCUT2D eigenvalue weighted by molar-refractivity contribution is 0.0424. The molecule has 0 unspecified atom stereocenters. The van der Waals surface area contributed by atoms with Crippen molar-refractivity contribution in [1.82, 2.24) is 20.0 Å². The highest BCUT2D eigenvalue weighted by Crippen LogP contribution is 2.30. The third-order valence-corrected chi connectivity index (χ3v) is 5.03. The number of urea groups is 1. The number of ether oxygens (including phenoxy) is 2. The molecule has 3 atom stereocenters. The van der Waals surface area contributed by atoms with E-state index in [1.54, 1.807) is 13.3 Å². The van der Waals surface area contributed by atoms with Crippen LogP contribution in [0.2, 0.25) is 0 Å². The van der Waals surface area contributed by atoms with Crippen LogP contribution in [0, 0.1) is 0 Å². The summed E-state index contributed by atoms with van der Waals surface area (Å²) in [4.78, 5) is 14.9. The third-order valence-electron chi connectivity index (χ3n) is 5.03. The molecule has 1 aromatic rings. The minimum atomic E-state index is -0.0980. The van der Waals surface area contributed by atoms with Crippen LogP contribution in [0.3, 0.4) is 0 Å². The summed E-state index contributed by atoms with van der Waals surface area (Å²) in [6, 6.07) is 1.96. The number of carbonyl (C=O) groups excluding carboxylic acids is 1. The lowest BCUT2D eigenvalue weighted by atomic mass is 9.99. The molecule has 0 spiro atoms. The molecule has 0 aliphatic carbocycles. The van der Waals surface area contributed by atoms with E-state index in [0.717, 1.165) is 50.9 Å². The van der Waals surface area contributed by atoms with E-state index in [2.05, 4.69) is 10.4 Å². The second-order valence-corrected chi connectivity index (χ2v) is 6.65. The van der Waals surface area contributed by atoms with Crippen LogP contribution in [0.4, 0.5) is 4.79 Å². The zero-order chi connectivity index (χ0) is 16.9. The monoisotopic (exact) mass is 336 g/mol. The largest absolute Gasteiger partial charge is 0.382 e. The number of aryl methyl sites for hydroxylation is 1. The number of piperidine rings is 1. The molecule has 0 aromatic carbocycles. The highest BCUT2D eigenvalue weighted by molar-refractivity contribution is 5.75. The second-order valence-electron chi connectivity index (χ2n) is 6.65. The molecule has 2 aliphatic rings. The van der Waals surface area contributed by atoms with Gasteiger partial charge >= 0.3 is 6.03 Å². The first-order chi connectivity index (χ1) is 11.7. The first-order valence-electron chi connectivity index (χ1n) is 8.86. The zero-order valence-electron chi connectivity index (χ0n) is 14.6. The van der Waals surface area contributed by atoms with Gasteiger partial charge in [0.15, 0.2) is 0 Å². The van der Waals surface area contributed by atoms with Gasteiger partial charge < -0.3 is 19.7 Å². The molecule has 0 bridgehead atoms. The molecule has 2 aliphatic heterocycles. The summed E-state index contributed by atoms with van der Waals surface area (Å²) >= 11 is 0. The Labute approximate surface area is 143 Å². The van der Waals surface area contributed by atoms with Gasteiger partial charge in [0.1, 0.15) is 0 Å². The maximum absolute atomic E-state index is 12.9. The molecule has 1 N–H and O–H groups in total. The summed E-state index contributed by atoms with van der Waals surface area (Å²) < 4.78 is 12.9.